The third-order valence-electron chi connectivity index (χ3n) is 2.76. The van der Waals surface area contributed by atoms with Crippen molar-refractivity contribution in [1.82, 2.24) is 9.78 Å². The molecule has 1 aromatic heterocycles. The third-order valence-corrected chi connectivity index (χ3v) is 3.36. The molecule has 4 nitrogen and oxygen atoms in total. The maximum absolute atomic E-state index is 6.11. The molecule has 18 heavy (non-hydrogen) atoms. The Kier molecular flexibility index (Phi) is 3.48. The fraction of sp³-hybridized carbons (Fsp3) is 0.308. The average Bonchev–Trinajstić information content (AvgIpc) is 2.62. The molecule has 0 spiro atoms. The zero-order chi connectivity index (χ0) is 13.3. The van der Waals surface area contributed by atoms with Crippen molar-refractivity contribution in [2.24, 2.45) is 0 Å². The van der Waals surface area contributed by atoms with Crippen LogP contribution in [-0.4, -0.2) is 9.78 Å². The molecule has 0 unspecified atom stereocenters. The van der Waals surface area contributed by atoms with Crippen LogP contribution in [0.4, 0.5) is 5.82 Å². The van der Waals surface area contributed by atoms with Crippen molar-refractivity contribution in [2.75, 3.05) is 5.73 Å². The van der Waals surface area contributed by atoms with Crippen LogP contribution in [0.5, 0.6) is 5.75 Å². The highest BCUT2D eigenvalue weighted by Crippen LogP contribution is 2.26. The molecule has 1 heterocycles. The minimum Gasteiger partial charge on any atom is -0.471 e. The van der Waals surface area contributed by atoms with Gasteiger partial charge in [-0.25, -0.2) is 4.68 Å². The summed E-state index contributed by atoms with van der Waals surface area (Å²) in [5.41, 5.74) is 8.59. The van der Waals surface area contributed by atoms with Gasteiger partial charge in [0.15, 0.2) is 6.73 Å². The lowest BCUT2D eigenvalue weighted by Gasteiger charge is -2.10. The van der Waals surface area contributed by atoms with Crippen molar-refractivity contribution in [2.45, 2.75) is 27.5 Å². The maximum Gasteiger partial charge on any atom is 0.181 e. The van der Waals surface area contributed by atoms with Gasteiger partial charge >= 0.3 is 0 Å². The zero-order valence-electron chi connectivity index (χ0n) is 10.7. The minimum atomic E-state index is 0.337. The predicted molar refractivity (Wildman–Crippen MR) is 72.9 cm³/mol. The number of hydrogen-bond acceptors (Lipinski definition) is 3. The summed E-state index contributed by atoms with van der Waals surface area (Å²) >= 11 is 6.11. The highest BCUT2D eigenvalue weighted by molar-refractivity contribution is 6.32. The Balaban J connectivity index is 2.13. The van der Waals surface area contributed by atoms with Gasteiger partial charge in [0.2, 0.25) is 0 Å². The lowest BCUT2D eigenvalue weighted by molar-refractivity contribution is 0.218. The summed E-state index contributed by atoms with van der Waals surface area (Å²) in [6, 6.07) is 5.64. The van der Waals surface area contributed by atoms with E-state index < -0.39 is 0 Å². The van der Waals surface area contributed by atoms with Crippen LogP contribution < -0.4 is 10.5 Å². The van der Waals surface area contributed by atoms with Crippen LogP contribution >= 0.6 is 11.6 Å². The number of anilines is 1. The lowest BCUT2D eigenvalue weighted by Crippen LogP contribution is -2.09. The van der Waals surface area contributed by atoms with Crippen LogP contribution in [0.3, 0.4) is 0 Å². The Morgan fingerprint density at radius 3 is 2.33 bits per heavy atom. The molecule has 0 amide bonds. The van der Waals surface area contributed by atoms with Crippen LogP contribution in [0.25, 0.3) is 0 Å². The second-order valence-corrected chi connectivity index (χ2v) is 4.73. The van der Waals surface area contributed by atoms with Gasteiger partial charge in [-0.2, -0.15) is 5.10 Å². The van der Waals surface area contributed by atoms with E-state index in [0.29, 0.717) is 12.5 Å². The van der Waals surface area contributed by atoms with Crippen LogP contribution in [-0.2, 0) is 6.73 Å². The quantitative estimate of drug-likeness (QED) is 0.928. The normalized spacial score (nSPS) is 10.7. The van der Waals surface area contributed by atoms with Gasteiger partial charge < -0.3 is 10.5 Å². The van der Waals surface area contributed by atoms with Crippen molar-refractivity contribution in [3.8, 4) is 5.75 Å². The number of hydrogen-bond donors (Lipinski definition) is 1. The number of nitrogens with zero attached hydrogens (tertiary/aromatic N) is 2. The number of nitrogens with two attached hydrogens (primary N) is 1. The molecule has 0 fully saturated rings. The van der Waals surface area contributed by atoms with Crippen LogP contribution in [0, 0.1) is 20.8 Å². The number of rotatable bonds is 3. The molecule has 0 saturated heterocycles. The summed E-state index contributed by atoms with van der Waals surface area (Å²) in [5.74, 6) is 1.28. The molecule has 0 radical (unpaired) electrons. The second-order valence-electron chi connectivity index (χ2n) is 4.35. The molecule has 0 saturated carbocycles. The Morgan fingerprint density at radius 1 is 1.22 bits per heavy atom. The van der Waals surface area contributed by atoms with Crippen LogP contribution in [0.2, 0.25) is 5.02 Å². The first-order chi connectivity index (χ1) is 8.47. The molecular formula is C13H16ClN3O. The van der Waals surface area contributed by atoms with Gasteiger partial charge in [0.1, 0.15) is 11.6 Å². The molecule has 0 aliphatic carbocycles. The van der Waals surface area contributed by atoms with Gasteiger partial charge in [0, 0.05) is 16.8 Å². The van der Waals surface area contributed by atoms with E-state index in [9.17, 15) is 0 Å². The molecule has 0 atom stereocenters. The van der Waals surface area contributed by atoms with E-state index in [4.69, 9.17) is 22.1 Å². The number of nitrogen functional groups attached to an aromatic ring is 1. The van der Waals surface area contributed by atoms with Gasteiger partial charge in [-0.05, 0) is 44.0 Å². The van der Waals surface area contributed by atoms with E-state index >= 15 is 0 Å². The second kappa shape index (κ2) is 4.90. The molecular weight excluding hydrogens is 250 g/mol. The molecule has 2 aromatic rings. The highest BCUT2D eigenvalue weighted by atomic mass is 35.5. The summed E-state index contributed by atoms with van der Waals surface area (Å²) in [4.78, 5) is 0. The van der Waals surface area contributed by atoms with Crippen molar-refractivity contribution >= 4 is 17.4 Å². The van der Waals surface area contributed by atoms with Gasteiger partial charge in [0.25, 0.3) is 0 Å². The van der Waals surface area contributed by atoms with Crippen molar-refractivity contribution in [3.05, 3.63) is 40.0 Å². The number of ether oxygens (including phenoxy) is 1. The minimum absolute atomic E-state index is 0.337. The fourth-order valence-electron chi connectivity index (χ4n) is 1.79. The van der Waals surface area contributed by atoms with Crippen LogP contribution in [0.15, 0.2) is 18.2 Å². The summed E-state index contributed by atoms with van der Waals surface area (Å²) in [7, 11) is 0. The number of aromatic nitrogens is 2. The monoisotopic (exact) mass is 265 g/mol. The summed E-state index contributed by atoms with van der Waals surface area (Å²) in [6.45, 7) is 6.19. The molecule has 0 bridgehead atoms. The molecule has 5 heteroatoms. The Hall–Kier alpha value is -1.68. The highest BCUT2D eigenvalue weighted by Gasteiger charge is 2.05. The van der Waals surface area contributed by atoms with E-state index in [-0.39, 0.29) is 0 Å². The third kappa shape index (κ3) is 2.59. The molecule has 0 aliphatic heterocycles. The lowest BCUT2D eigenvalue weighted by atomic mass is 10.1. The van der Waals surface area contributed by atoms with Gasteiger partial charge in [0.05, 0.1) is 0 Å². The largest absolute Gasteiger partial charge is 0.471 e. The number of halogens is 1. The molecule has 0 aliphatic rings. The van der Waals surface area contributed by atoms with Gasteiger partial charge in [-0.3, -0.25) is 0 Å². The van der Waals surface area contributed by atoms with E-state index in [1.165, 1.54) is 0 Å². The zero-order valence-corrected chi connectivity index (χ0v) is 11.5. The Bertz CT molecular complexity index is 555. The molecule has 1 aromatic carbocycles. The first-order valence-electron chi connectivity index (χ1n) is 5.67. The van der Waals surface area contributed by atoms with Gasteiger partial charge in [-0.1, -0.05) is 11.6 Å². The average molecular weight is 266 g/mol. The van der Waals surface area contributed by atoms with E-state index in [1.807, 2.05) is 39.0 Å². The first kappa shape index (κ1) is 12.8. The Morgan fingerprint density at radius 2 is 1.83 bits per heavy atom. The summed E-state index contributed by atoms with van der Waals surface area (Å²) in [6.07, 6.45) is 0. The first-order valence-corrected chi connectivity index (χ1v) is 6.04. The predicted octanol–water partition coefficient (Wildman–Crippen LogP) is 3.08. The van der Waals surface area contributed by atoms with E-state index in [1.54, 1.807) is 4.68 Å². The smallest absolute Gasteiger partial charge is 0.181 e. The number of benzene rings is 1. The van der Waals surface area contributed by atoms with Gasteiger partial charge in [-0.15, -0.1) is 0 Å². The summed E-state index contributed by atoms with van der Waals surface area (Å²) in [5, 5.41) is 4.91. The van der Waals surface area contributed by atoms with Crippen molar-refractivity contribution < 1.29 is 4.74 Å². The van der Waals surface area contributed by atoms with Crippen molar-refractivity contribution in [3.63, 3.8) is 0 Å². The summed E-state index contributed by atoms with van der Waals surface area (Å²) < 4.78 is 7.41. The van der Waals surface area contributed by atoms with Crippen LogP contribution in [0.1, 0.15) is 16.8 Å². The molecule has 2 rings (SSSR count). The molecule has 96 valence electrons. The maximum atomic E-state index is 6.11. The van der Waals surface area contributed by atoms with E-state index in [0.717, 1.165) is 27.6 Å². The standard InChI is InChI=1S/C13H16ClN3O/c1-8-4-11(5-9(2)13(8)14)18-7-17-10(3)6-12(15)16-17/h4-6H,7H2,1-3H3,(H2,15,16). The Labute approximate surface area is 111 Å². The molecule has 2 N–H and O–H groups in total. The SMILES string of the molecule is Cc1cc(OCn2nc(N)cc2C)cc(C)c1Cl. The van der Waals surface area contributed by atoms with Crippen molar-refractivity contribution in [1.29, 1.82) is 0 Å². The van der Waals surface area contributed by atoms with E-state index in [2.05, 4.69) is 5.10 Å². The number of aryl methyl sites for hydroxylation is 3. The topological polar surface area (TPSA) is 53.1 Å². The fourth-order valence-corrected chi connectivity index (χ4v) is 1.90.